The Morgan fingerprint density at radius 1 is 1.11 bits per heavy atom. The van der Waals surface area contributed by atoms with Gasteiger partial charge in [0.15, 0.2) is 0 Å². The molecule has 94 valence electrons. The van der Waals surface area contributed by atoms with E-state index in [1.54, 1.807) is 12.1 Å². The van der Waals surface area contributed by atoms with Gasteiger partial charge < -0.3 is 5.32 Å². The van der Waals surface area contributed by atoms with Crippen LogP contribution in [0.5, 0.6) is 0 Å². The third kappa shape index (κ3) is 3.12. The minimum atomic E-state index is -0.166. The fraction of sp³-hybridized carbons (Fsp3) is 0.200. The van der Waals surface area contributed by atoms with Crippen molar-refractivity contribution in [3.63, 3.8) is 0 Å². The van der Waals surface area contributed by atoms with Crippen LogP contribution >= 0.6 is 11.8 Å². The van der Waals surface area contributed by atoms with Gasteiger partial charge in [0.2, 0.25) is 0 Å². The monoisotopic (exact) mass is 261 g/mol. The van der Waals surface area contributed by atoms with Crippen molar-refractivity contribution in [1.82, 2.24) is 5.32 Å². The molecule has 0 aliphatic carbocycles. The highest BCUT2D eigenvalue weighted by Crippen LogP contribution is 2.32. The van der Waals surface area contributed by atoms with Crippen molar-refractivity contribution in [1.29, 1.82) is 0 Å². The summed E-state index contributed by atoms with van der Waals surface area (Å²) >= 11 is 1.47. The molecule has 2 aromatic carbocycles. The molecule has 0 unspecified atom stereocenters. The Labute approximate surface area is 111 Å². The first kappa shape index (κ1) is 13.1. The number of hydrogen-bond acceptors (Lipinski definition) is 2. The number of benzene rings is 2. The van der Waals surface area contributed by atoms with Crippen LogP contribution in [0.1, 0.15) is 11.1 Å². The van der Waals surface area contributed by atoms with E-state index in [4.69, 9.17) is 0 Å². The third-order valence-electron chi connectivity index (χ3n) is 2.68. The highest BCUT2D eigenvalue weighted by Gasteiger charge is 2.06. The molecule has 0 atom stereocenters. The van der Waals surface area contributed by atoms with Gasteiger partial charge in [-0.1, -0.05) is 36.0 Å². The maximum Gasteiger partial charge on any atom is 0.137 e. The molecular formula is C15H16FNS. The summed E-state index contributed by atoms with van der Waals surface area (Å²) < 4.78 is 13.6. The molecule has 0 amide bonds. The summed E-state index contributed by atoms with van der Waals surface area (Å²) in [6.07, 6.45) is 0. The lowest BCUT2D eigenvalue weighted by molar-refractivity contribution is 0.602. The van der Waals surface area contributed by atoms with Crippen molar-refractivity contribution in [2.75, 3.05) is 7.05 Å². The molecule has 0 fully saturated rings. The van der Waals surface area contributed by atoms with Gasteiger partial charge in [0, 0.05) is 16.3 Å². The van der Waals surface area contributed by atoms with Crippen LogP contribution in [0.4, 0.5) is 4.39 Å². The lowest BCUT2D eigenvalue weighted by atomic mass is 10.1. The summed E-state index contributed by atoms with van der Waals surface area (Å²) in [5.41, 5.74) is 2.42. The quantitative estimate of drug-likeness (QED) is 0.892. The van der Waals surface area contributed by atoms with Gasteiger partial charge in [-0.3, -0.25) is 0 Å². The van der Waals surface area contributed by atoms with E-state index in [0.717, 1.165) is 11.4 Å². The largest absolute Gasteiger partial charge is 0.316 e. The van der Waals surface area contributed by atoms with Crippen molar-refractivity contribution in [3.8, 4) is 0 Å². The lowest BCUT2D eigenvalue weighted by Gasteiger charge is -2.08. The van der Waals surface area contributed by atoms with E-state index >= 15 is 0 Å². The van der Waals surface area contributed by atoms with Crippen molar-refractivity contribution >= 4 is 11.8 Å². The van der Waals surface area contributed by atoms with E-state index in [-0.39, 0.29) is 5.82 Å². The highest BCUT2D eigenvalue weighted by atomic mass is 32.2. The van der Waals surface area contributed by atoms with Crippen LogP contribution in [-0.4, -0.2) is 7.05 Å². The maximum absolute atomic E-state index is 13.6. The summed E-state index contributed by atoms with van der Waals surface area (Å²) in [5, 5.41) is 3.12. The predicted octanol–water partition coefficient (Wildman–Crippen LogP) is 4.00. The lowest BCUT2D eigenvalue weighted by Crippen LogP contribution is -2.05. The van der Waals surface area contributed by atoms with Gasteiger partial charge in [0.05, 0.1) is 0 Å². The predicted molar refractivity (Wildman–Crippen MR) is 74.5 cm³/mol. The Morgan fingerprint density at radius 3 is 2.56 bits per heavy atom. The molecule has 0 aromatic heterocycles. The molecule has 2 aromatic rings. The molecule has 1 N–H and O–H groups in total. The molecule has 3 heteroatoms. The second-order valence-electron chi connectivity index (χ2n) is 4.16. The molecule has 0 radical (unpaired) electrons. The van der Waals surface area contributed by atoms with Gasteiger partial charge in [-0.05, 0) is 43.3 Å². The molecule has 0 saturated heterocycles. The van der Waals surface area contributed by atoms with Crippen LogP contribution in [-0.2, 0) is 6.54 Å². The topological polar surface area (TPSA) is 12.0 Å². The third-order valence-corrected chi connectivity index (χ3v) is 3.91. The standard InChI is InChI=1S/C15H16FNS/c1-11-9-12(10-17-2)7-8-14(11)18-15-6-4-3-5-13(15)16/h3-9,17H,10H2,1-2H3. The normalized spacial score (nSPS) is 10.6. The zero-order valence-corrected chi connectivity index (χ0v) is 11.4. The van der Waals surface area contributed by atoms with E-state index < -0.39 is 0 Å². The van der Waals surface area contributed by atoms with Gasteiger partial charge in [0.1, 0.15) is 5.82 Å². The van der Waals surface area contributed by atoms with E-state index in [1.807, 2.05) is 13.1 Å². The van der Waals surface area contributed by atoms with E-state index in [1.165, 1.54) is 29.0 Å². The molecule has 0 aliphatic rings. The molecule has 18 heavy (non-hydrogen) atoms. The molecule has 2 rings (SSSR count). The van der Waals surface area contributed by atoms with Gasteiger partial charge in [-0.15, -0.1) is 0 Å². The van der Waals surface area contributed by atoms with Gasteiger partial charge in [-0.2, -0.15) is 0 Å². The molecule has 0 bridgehead atoms. The van der Waals surface area contributed by atoms with E-state index in [2.05, 4.69) is 30.4 Å². The van der Waals surface area contributed by atoms with Crippen LogP contribution in [0.2, 0.25) is 0 Å². The zero-order valence-electron chi connectivity index (χ0n) is 10.5. The maximum atomic E-state index is 13.6. The van der Waals surface area contributed by atoms with Crippen molar-refractivity contribution in [3.05, 3.63) is 59.4 Å². The molecule has 1 nitrogen and oxygen atoms in total. The first-order chi connectivity index (χ1) is 8.70. The van der Waals surface area contributed by atoms with Crippen LogP contribution in [0, 0.1) is 12.7 Å². The molecule has 0 heterocycles. The Bertz CT molecular complexity index is 540. The summed E-state index contributed by atoms with van der Waals surface area (Å²) in [6.45, 7) is 2.91. The number of hydrogen-bond donors (Lipinski definition) is 1. The van der Waals surface area contributed by atoms with Crippen LogP contribution < -0.4 is 5.32 Å². The SMILES string of the molecule is CNCc1ccc(Sc2ccccc2F)c(C)c1. The minimum absolute atomic E-state index is 0.166. The average molecular weight is 261 g/mol. The Morgan fingerprint density at radius 2 is 1.89 bits per heavy atom. The fourth-order valence-corrected chi connectivity index (χ4v) is 2.69. The molecule has 0 saturated carbocycles. The number of rotatable bonds is 4. The second kappa shape index (κ2) is 6.03. The van der Waals surface area contributed by atoms with Crippen molar-refractivity contribution < 1.29 is 4.39 Å². The molecule has 0 aliphatic heterocycles. The Kier molecular flexibility index (Phi) is 4.39. The number of halogens is 1. The van der Waals surface area contributed by atoms with Gasteiger partial charge in [0.25, 0.3) is 0 Å². The molecule has 0 spiro atoms. The summed E-state index contributed by atoms with van der Waals surface area (Å²) in [6, 6.07) is 13.1. The van der Waals surface area contributed by atoms with E-state index in [0.29, 0.717) is 4.90 Å². The Hall–Kier alpha value is -1.32. The van der Waals surface area contributed by atoms with Crippen LogP contribution in [0.3, 0.4) is 0 Å². The smallest absolute Gasteiger partial charge is 0.137 e. The fourth-order valence-electron chi connectivity index (χ4n) is 1.79. The zero-order chi connectivity index (χ0) is 13.0. The number of aryl methyl sites for hydroxylation is 1. The first-order valence-electron chi connectivity index (χ1n) is 5.87. The van der Waals surface area contributed by atoms with Crippen LogP contribution in [0.25, 0.3) is 0 Å². The Balaban J connectivity index is 2.22. The summed E-state index contributed by atoms with van der Waals surface area (Å²) in [7, 11) is 1.93. The minimum Gasteiger partial charge on any atom is -0.316 e. The first-order valence-corrected chi connectivity index (χ1v) is 6.69. The van der Waals surface area contributed by atoms with Crippen molar-refractivity contribution in [2.24, 2.45) is 0 Å². The average Bonchev–Trinajstić information content (AvgIpc) is 2.35. The summed E-state index contributed by atoms with van der Waals surface area (Å²) in [5.74, 6) is -0.166. The summed E-state index contributed by atoms with van der Waals surface area (Å²) in [4.78, 5) is 1.77. The van der Waals surface area contributed by atoms with Gasteiger partial charge >= 0.3 is 0 Å². The van der Waals surface area contributed by atoms with Gasteiger partial charge in [-0.25, -0.2) is 4.39 Å². The second-order valence-corrected chi connectivity index (χ2v) is 5.25. The van der Waals surface area contributed by atoms with E-state index in [9.17, 15) is 4.39 Å². The molecular weight excluding hydrogens is 245 g/mol. The number of nitrogens with one attached hydrogen (secondary N) is 1. The van der Waals surface area contributed by atoms with Crippen molar-refractivity contribution in [2.45, 2.75) is 23.3 Å². The highest BCUT2D eigenvalue weighted by molar-refractivity contribution is 7.99. The van der Waals surface area contributed by atoms with Crippen LogP contribution in [0.15, 0.2) is 52.3 Å².